The monoisotopic (exact) mass is 434 g/mol. The van der Waals surface area contributed by atoms with Gasteiger partial charge in [0.25, 0.3) is 11.8 Å². The van der Waals surface area contributed by atoms with Crippen molar-refractivity contribution in [1.82, 2.24) is 20.4 Å². The van der Waals surface area contributed by atoms with Crippen LogP contribution < -0.4 is 10.6 Å². The lowest BCUT2D eigenvalue weighted by molar-refractivity contribution is 0.102. The van der Waals surface area contributed by atoms with E-state index < -0.39 is 0 Å². The number of aromatic nitrogens is 4. The summed E-state index contributed by atoms with van der Waals surface area (Å²) in [5, 5.41) is 27.5. The first-order chi connectivity index (χ1) is 13.2. The second-order valence-corrected chi connectivity index (χ2v) is 9.06. The van der Waals surface area contributed by atoms with Gasteiger partial charge >= 0.3 is 0 Å². The standard InChI is InChI=1S/C15H10N6O2S4/c22-12(8-3-1-5-24-8)16-14-20-18-10(26-14)7-11-19-21-15(27-11)17-13(23)9-4-2-6-25-9/h1-6H,7H2,(H,16,20,22)(H,17,21,23). The van der Waals surface area contributed by atoms with E-state index in [2.05, 4.69) is 31.0 Å². The highest BCUT2D eigenvalue weighted by Crippen LogP contribution is 2.23. The quantitative estimate of drug-likeness (QED) is 0.480. The highest BCUT2D eigenvalue weighted by atomic mass is 32.1. The third-order valence-corrected chi connectivity index (χ3v) is 6.58. The first-order valence-corrected chi connectivity index (χ1v) is 10.9. The summed E-state index contributed by atoms with van der Waals surface area (Å²) >= 11 is 5.28. The van der Waals surface area contributed by atoms with Crippen LogP contribution in [0.3, 0.4) is 0 Å². The van der Waals surface area contributed by atoms with Crippen LogP contribution >= 0.6 is 45.3 Å². The Bertz CT molecular complexity index is 970. The van der Waals surface area contributed by atoms with Gasteiger partial charge in [0.2, 0.25) is 10.3 Å². The molecule has 0 aromatic carbocycles. The van der Waals surface area contributed by atoms with Gasteiger partial charge in [0.15, 0.2) is 0 Å². The van der Waals surface area contributed by atoms with Crippen LogP contribution in [0.5, 0.6) is 0 Å². The van der Waals surface area contributed by atoms with Crippen molar-refractivity contribution in [3.63, 3.8) is 0 Å². The van der Waals surface area contributed by atoms with E-state index in [4.69, 9.17) is 0 Å². The summed E-state index contributed by atoms with van der Waals surface area (Å²) in [5.74, 6) is -0.413. The average molecular weight is 435 g/mol. The van der Waals surface area contributed by atoms with Crippen molar-refractivity contribution in [1.29, 1.82) is 0 Å². The summed E-state index contributed by atoms with van der Waals surface area (Å²) in [6, 6.07) is 7.12. The third kappa shape index (κ3) is 4.42. The van der Waals surface area contributed by atoms with Crippen LogP contribution in [0.15, 0.2) is 35.0 Å². The van der Waals surface area contributed by atoms with E-state index in [1.54, 1.807) is 12.1 Å². The zero-order chi connectivity index (χ0) is 18.6. The van der Waals surface area contributed by atoms with Gasteiger partial charge in [0.05, 0.1) is 16.2 Å². The number of hydrogen-bond acceptors (Lipinski definition) is 10. The van der Waals surface area contributed by atoms with Crippen molar-refractivity contribution in [2.45, 2.75) is 6.42 Å². The molecule has 0 spiro atoms. The lowest BCUT2D eigenvalue weighted by Gasteiger charge is -1.96. The average Bonchev–Trinajstić information content (AvgIpc) is 3.44. The van der Waals surface area contributed by atoms with Gasteiger partial charge in [-0.15, -0.1) is 43.1 Å². The second kappa shape index (κ2) is 8.00. The molecule has 0 aliphatic heterocycles. The highest BCUT2D eigenvalue weighted by Gasteiger charge is 2.14. The Morgan fingerprint density at radius 2 is 1.26 bits per heavy atom. The van der Waals surface area contributed by atoms with E-state index in [0.717, 1.165) is 0 Å². The Kier molecular flexibility index (Phi) is 5.29. The SMILES string of the molecule is O=C(Nc1nnc(Cc2nnc(NC(=O)c3cccs3)s2)s1)c1cccs1. The molecule has 0 bridgehead atoms. The second-order valence-electron chi connectivity index (χ2n) is 5.04. The molecule has 4 aromatic rings. The molecule has 136 valence electrons. The molecule has 8 nitrogen and oxygen atoms in total. The van der Waals surface area contributed by atoms with Crippen LogP contribution in [0.25, 0.3) is 0 Å². The van der Waals surface area contributed by atoms with E-state index in [9.17, 15) is 9.59 Å². The van der Waals surface area contributed by atoms with Gasteiger partial charge < -0.3 is 0 Å². The number of hydrogen-bond donors (Lipinski definition) is 2. The summed E-state index contributed by atoms with van der Waals surface area (Å²) in [4.78, 5) is 25.3. The molecule has 27 heavy (non-hydrogen) atoms. The maximum atomic E-state index is 12.0. The molecule has 0 atom stereocenters. The summed E-state index contributed by atoms with van der Waals surface area (Å²) < 4.78 is 0. The minimum atomic E-state index is -0.206. The van der Waals surface area contributed by atoms with Gasteiger partial charge in [-0.05, 0) is 22.9 Å². The molecule has 4 aromatic heterocycles. The molecule has 12 heteroatoms. The number of anilines is 2. The summed E-state index contributed by atoms with van der Waals surface area (Å²) in [6.45, 7) is 0. The molecule has 0 saturated heterocycles. The zero-order valence-corrected chi connectivity index (χ0v) is 16.7. The number of carbonyl (C=O) groups is 2. The molecule has 2 N–H and O–H groups in total. The van der Waals surface area contributed by atoms with Crippen molar-refractivity contribution < 1.29 is 9.59 Å². The van der Waals surface area contributed by atoms with Crippen molar-refractivity contribution >= 4 is 67.4 Å². The Morgan fingerprint density at radius 3 is 1.67 bits per heavy atom. The van der Waals surface area contributed by atoms with Gasteiger partial charge in [0.1, 0.15) is 10.0 Å². The van der Waals surface area contributed by atoms with E-state index >= 15 is 0 Å². The van der Waals surface area contributed by atoms with Crippen LogP contribution in [-0.4, -0.2) is 32.2 Å². The van der Waals surface area contributed by atoms with E-state index in [1.807, 2.05) is 22.9 Å². The normalized spacial score (nSPS) is 10.7. The Morgan fingerprint density at radius 1 is 0.778 bits per heavy atom. The molecule has 0 radical (unpaired) electrons. The van der Waals surface area contributed by atoms with Gasteiger partial charge in [-0.2, -0.15) is 0 Å². The first kappa shape index (κ1) is 17.9. The number of rotatable bonds is 6. The predicted octanol–water partition coefficient (Wildman–Crippen LogP) is 3.61. The Hall–Kier alpha value is -2.54. The number of amides is 2. The maximum absolute atomic E-state index is 12.0. The predicted molar refractivity (Wildman–Crippen MR) is 107 cm³/mol. The number of thiophene rings is 2. The van der Waals surface area contributed by atoms with Gasteiger partial charge in [-0.1, -0.05) is 34.8 Å². The summed E-state index contributed by atoms with van der Waals surface area (Å²) in [5.41, 5.74) is 0. The summed E-state index contributed by atoms with van der Waals surface area (Å²) in [7, 11) is 0. The van der Waals surface area contributed by atoms with Crippen LogP contribution in [0.2, 0.25) is 0 Å². The lowest BCUT2D eigenvalue weighted by atomic mass is 10.4. The smallest absolute Gasteiger partial charge is 0.267 e. The van der Waals surface area contributed by atoms with Crippen LogP contribution in [0, 0.1) is 0 Å². The van der Waals surface area contributed by atoms with Crippen molar-refractivity contribution in [3.8, 4) is 0 Å². The minimum Gasteiger partial charge on any atom is -0.296 e. The molecule has 4 heterocycles. The number of nitrogens with one attached hydrogen (secondary N) is 2. The topological polar surface area (TPSA) is 110 Å². The molecule has 0 saturated carbocycles. The van der Waals surface area contributed by atoms with Crippen molar-refractivity contribution in [2.75, 3.05) is 10.6 Å². The number of carbonyl (C=O) groups excluding carboxylic acids is 2. The molecule has 2 amide bonds. The number of nitrogens with zero attached hydrogens (tertiary/aromatic N) is 4. The fourth-order valence-corrected chi connectivity index (χ4v) is 4.82. The van der Waals surface area contributed by atoms with Crippen LogP contribution in [0.1, 0.15) is 29.4 Å². The van der Waals surface area contributed by atoms with Crippen molar-refractivity contribution in [3.05, 3.63) is 54.8 Å². The van der Waals surface area contributed by atoms with E-state index in [-0.39, 0.29) is 11.8 Å². The first-order valence-electron chi connectivity index (χ1n) is 7.52. The van der Waals surface area contributed by atoms with Gasteiger partial charge in [-0.25, -0.2) is 0 Å². The fourth-order valence-electron chi connectivity index (χ4n) is 2.01. The third-order valence-electron chi connectivity index (χ3n) is 3.17. The summed E-state index contributed by atoms with van der Waals surface area (Å²) in [6.07, 6.45) is 0.430. The van der Waals surface area contributed by atoms with Crippen molar-refractivity contribution in [2.24, 2.45) is 0 Å². The van der Waals surface area contributed by atoms with E-state index in [1.165, 1.54) is 45.3 Å². The fraction of sp³-hybridized carbons (Fsp3) is 0.0667. The lowest BCUT2D eigenvalue weighted by Crippen LogP contribution is -2.09. The molecular formula is C15H10N6O2S4. The van der Waals surface area contributed by atoms with Crippen LogP contribution in [-0.2, 0) is 6.42 Å². The molecular weight excluding hydrogens is 424 g/mol. The minimum absolute atomic E-state index is 0.206. The van der Waals surface area contributed by atoms with Gasteiger partial charge in [-0.3, -0.25) is 20.2 Å². The largest absolute Gasteiger partial charge is 0.296 e. The van der Waals surface area contributed by atoms with E-state index in [0.29, 0.717) is 36.5 Å². The molecule has 0 unspecified atom stereocenters. The molecule has 4 rings (SSSR count). The Labute approximate surface area is 168 Å². The maximum Gasteiger partial charge on any atom is 0.267 e. The van der Waals surface area contributed by atoms with Gasteiger partial charge in [0, 0.05) is 0 Å². The highest BCUT2D eigenvalue weighted by molar-refractivity contribution is 7.17. The van der Waals surface area contributed by atoms with Crippen LogP contribution in [0.4, 0.5) is 10.3 Å². The molecule has 0 fully saturated rings. The Balaban J connectivity index is 1.36. The zero-order valence-electron chi connectivity index (χ0n) is 13.4. The molecule has 0 aliphatic rings. The molecule has 0 aliphatic carbocycles.